The van der Waals surface area contributed by atoms with Crippen LogP contribution < -0.4 is 0 Å². The first-order valence-corrected chi connectivity index (χ1v) is 6.78. The second-order valence-corrected chi connectivity index (χ2v) is 4.89. The lowest BCUT2D eigenvalue weighted by Crippen LogP contribution is -2.26. The summed E-state index contributed by atoms with van der Waals surface area (Å²) in [5, 5.41) is 8.75. The van der Waals surface area contributed by atoms with Gasteiger partial charge in [0.1, 0.15) is 0 Å². The monoisotopic (exact) mass is 265 g/mol. The van der Waals surface area contributed by atoms with E-state index in [2.05, 4.69) is 19.6 Å². The number of amides is 1. The highest BCUT2D eigenvalue weighted by Gasteiger charge is 2.06. The van der Waals surface area contributed by atoms with Gasteiger partial charge in [0.05, 0.1) is 6.61 Å². The molecule has 0 unspecified atom stereocenters. The molecular formula is C16H27NO2. The number of aliphatic hydroxyl groups excluding tert-OH is 1. The summed E-state index contributed by atoms with van der Waals surface area (Å²) >= 11 is 0. The molecular weight excluding hydrogens is 238 g/mol. The van der Waals surface area contributed by atoms with Crippen molar-refractivity contribution >= 4 is 5.91 Å². The second-order valence-electron chi connectivity index (χ2n) is 4.89. The van der Waals surface area contributed by atoms with E-state index in [0.29, 0.717) is 13.0 Å². The van der Waals surface area contributed by atoms with Crippen LogP contribution in [0.2, 0.25) is 0 Å². The average molecular weight is 265 g/mol. The summed E-state index contributed by atoms with van der Waals surface area (Å²) in [5.74, 6) is 0.156. The molecule has 0 bridgehead atoms. The van der Waals surface area contributed by atoms with Crippen LogP contribution in [0.3, 0.4) is 0 Å². The second kappa shape index (κ2) is 10.6. The zero-order valence-corrected chi connectivity index (χ0v) is 12.5. The molecule has 0 spiro atoms. The minimum absolute atomic E-state index is 0.110. The van der Waals surface area contributed by atoms with Crippen molar-refractivity contribution < 1.29 is 9.90 Å². The van der Waals surface area contributed by atoms with Crippen LogP contribution in [0, 0.1) is 0 Å². The Kier molecular flexibility index (Phi) is 9.81. The van der Waals surface area contributed by atoms with Crippen LogP contribution in [0.15, 0.2) is 36.0 Å². The van der Waals surface area contributed by atoms with Gasteiger partial charge in [0.25, 0.3) is 0 Å². The number of likely N-dealkylation sites (N-methyl/N-ethyl adjacent to an activating group) is 1. The molecule has 0 fully saturated rings. The van der Waals surface area contributed by atoms with Crippen molar-refractivity contribution in [3.63, 3.8) is 0 Å². The maximum atomic E-state index is 11.7. The van der Waals surface area contributed by atoms with Gasteiger partial charge in [-0.15, -0.1) is 6.58 Å². The van der Waals surface area contributed by atoms with Crippen LogP contribution in [0.25, 0.3) is 0 Å². The first kappa shape index (κ1) is 17.6. The van der Waals surface area contributed by atoms with Gasteiger partial charge < -0.3 is 10.0 Å². The molecule has 0 aromatic heterocycles. The van der Waals surface area contributed by atoms with Crippen LogP contribution in [0.4, 0.5) is 0 Å². The van der Waals surface area contributed by atoms with E-state index >= 15 is 0 Å². The van der Waals surface area contributed by atoms with Gasteiger partial charge in [-0.2, -0.15) is 0 Å². The summed E-state index contributed by atoms with van der Waals surface area (Å²) in [4.78, 5) is 13.4. The van der Waals surface area contributed by atoms with Gasteiger partial charge >= 0.3 is 0 Å². The number of nitrogens with zero attached hydrogens (tertiary/aromatic N) is 1. The summed E-state index contributed by atoms with van der Waals surface area (Å²) in [6.07, 6.45) is 9.03. The van der Waals surface area contributed by atoms with Crippen LogP contribution in [-0.2, 0) is 4.79 Å². The Hall–Kier alpha value is -1.35. The molecule has 3 nitrogen and oxygen atoms in total. The highest BCUT2D eigenvalue weighted by molar-refractivity contribution is 5.76. The summed E-state index contributed by atoms with van der Waals surface area (Å²) in [7, 11) is 1.80. The van der Waals surface area contributed by atoms with Gasteiger partial charge in [0, 0.05) is 20.0 Å². The van der Waals surface area contributed by atoms with Gasteiger partial charge in [0.2, 0.25) is 5.91 Å². The molecule has 1 N–H and O–H groups in total. The SMILES string of the molecule is C=CCN(C)C(=O)CCC(C)=CCCC(C)=CCO. The van der Waals surface area contributed by atoms with E-state index in [1.807, 2.05) is 13.0 Å². The summed E-state index contributed by atoms with van der Waals surface area (Å²) in [6.45, 7) is 8.42. The standard InChI is InChI=1S/C16H27NO2/c1-5-12-17(4)16(19)10-9-14(2)7-6-8-15(3)11-13-18/h5,7,11,18H,1,6,8-10,12-13H2,2-4H3. The topological polar surface area (TPSA) is 40.5 Å². The number of aliphatic hydroxyl groups is 1. The fourth-order valence-electron chi connectivity index (χ4n) is 1.70. The maximum Gasteiger partial charge on any atom is 0.222 e. The van der Waals surface area contributed by atoms with Gasteiger partial charge in [-0.05, 0) is 33.1 Å². The minimum atomic E-state index is 0.110. The third-order valence-electron chi connectivity index (χ3n) is 3.03. The van der Waals surface area contributed by atoms with Crippen molar-refractivity contribution in [2.45, 2.75) is 39.5 Å². The molecule has 19 heavy (non-hydrogen) atoms. The molecule has 0 aromatic carbocycles. The lowest BCUT2D eigenvalue weighted by Gasteiger charge is -2.14. The van der Waals surface area contributed by atoms with Crippen molar-refractivity contribution in [3.8, 4) is 0 Å². The maximum absolute atomic E-state index is 11.7. The smallest absolute Gasteiger partial charge is 0.222 e. The Morgan fingerprint density at radius 2 is 1.79 bits per heavy atom. The van der Waals surface area contributed by atoms with E-state index in [1.54, 1.807) is 18.0 Å². The molecule has 0 atom stereocenters. The highest BCUT2D eigenvalue weighted by Crippen LogP contribution is 2.10. The Balaban J connectivity index is 3.97. The number of carbonyl (C=O) groups is 1. The molecule has 0 saturated carbocycles. The van der Waals surface area contributed by atoms with Crippen LogP contribution in [-0.4, -0.2) is 36.1 Å². The molecule has 1 amide bonds. The quantitative estimate of drug-likeness (QED) is 0.651. The van der Waals surface area contributed by atoms with E-state index in [0.717, 1.165) is 19.3 Å². The number of hydrogen-bond donors (Lipinski definition) is 1. The summed E-state index contributed by atoms with van der Waals surface area (Å²) < 4.78 is 0. The number of carbonyl (C=O) groups excluding carboxylic acids is 1. The molecule has 0 radical (unpaired) electrons. The predicted octanol–water partition coefficient (Wildman–Crippen LogP) is 3.08. The minimum Gasteiger partial charge on any atom is -0.392 e. The Morgan fingerprint density at radius 3 is 2.37 bits per heavy atom. The fraction of sp³-hybridized carbons (Fsp3) is 0.562. The van der Waals surface area contributed by atoms with E-state index in [1.165, 1.54) is 11.1 Å². The van der Waals surface area contributed by atoms with Crippen LogP contribution in [0.1, 0.15) is 39.5 Å². The highest BCUT2D eigenvalue weighted by atomic mass is 16.2. The Morgan fingerprint density at radius 1 is 1.16 bits per heavy atom. The van der Waals surface area contributed by atoms with Crippen molar-refractivity contribution in [3.05, 3.63) is 36.0 Å². The van der Waals surface area contributed by atoms with E-state index in [9.17, 15) is 4.79 Å². The lowest BCUT2D eigenvalue weighted by molar-refractivity contribution is -0.129. The van der Waals surface area contributed by atoms with Gasteiger partial charge in [-0.3, -0.25) is 4.79 Å². The third kappa shape index (κ3) is 9.25. The van der Waals surface area contributed by atoms with E-state index in [-0.39, 0.29) is 12.5 Å². The number of rotatable bonds is 9. The summed E-state index contributed by atoms with van der Waals surface area (Å²) in [6, 6.07) is 0. The molecule has 0 saturated heterocycles. The van der Waals surface area contributed by atoms with Crippen molar-refractivity contribution in [2.75, 3.05) is 20.2 Å². The summed E-state index contributed by atoms with van der Waals surface area (Å²) in [5.41, 5.74) is 2.45. The zero-order valence-electron chi connectivity index (χ0n) is 12.5. The molecule has 0 aromatic rings. The fourth-order valence-corrected chi connectivity index (χ4v) is 1.70. The van der Waals surface area contributed by atoms with E-state index in [4.69, 9.17) is 5.11 Å². The number of allylic oxidation sites excluding steroid dienone is 3. The van der Waals surface area contributed by atoms with Gasteiger partial charge in [0.15, 0.2) is 0 Å². The Bertz CT molecular complexity index is 343. The molecule has 0 heterocycles. The first-order chi connectivity index (χ1) is 9.01. The molecule has 3 heteroatoms. The third-order valence-corrected chi connectivity index (χ3v) is 3.03. The van der Waals surface area contributed by atoms with Gasteiger partial charge in [-0.1, -0.05) is 29.4 Å². The van der Waals surface area contributed by atoms with Crippen LogP contribution >= 0.6 is 0 Å². The molecule has 0 aliphatic heterocycles. The average Bonchev–Trinajstić information content (AvgIpc) is 2.36. The predicted molar refractivity (Wildman–Crippen MR) is 80.9 cm³/mol. The lowest BCUT2D eigenvalue weighted by atomic mass is 10.1. The Labute approximate surface area is 117 Å². The van der Waals surface area contributed by atoms with Crippen LogP contribution in [0.5, 0.6) is 0 Å². The van der Waals surface area contributed by atoms with E-state index < -0.39 is 0 Å². The molecule has 0 rings (SSSR count). The molecule has 0 aliphatic rings. The van der Waals surface area contributed by atoms with Crippen molar-refractivity contribution in [2.24, 2.45) is 0 Å². The molecule has 0 aliphatic carbocycles. The van der Waals surface area contributed by atoms with Gasteiger partial charge in [-0.25, -0.2) is 0 Å². The first-order valence-electron chi connectivity index (χ1n) is 6.78. The number of hydrogen-bond acceptors (Lipinski definition) is 2. The molecule has 108 valence electrons. The zero-order chi connectivity index (χ0) is 14.7. The normalized spacial score (nSPS) is 12.4. The van der Waals surface area contributed by atoms with Crippen molar-refractivity contribution in [1.29, 1.82) is 0 Å². The van der Waals surface area contributed by atoms with Crippen molar-refractivity contribution in [1.82, 2.24) is 4.90 Å². The largest absolute Gasteiger partial charge is 0.392 e.